The summed E-state index contributed by atoms with van der Waals surface area (Å²) in [6.45, 7) is 5.92. The second-order valence-corrected chi connectivity index (χ2v) is 5.98. The average Bonchev–Trinajstić information content (AvgIpc) is 2.42. The summed E-state index contributed by atoms with van der Waals surface area (Å²) in [4.78, 5) is 24.0. The smallest absolute Gasteiger partial charge is 0.323 e. The standard InChI is InChI=1S/C16H21N3O3/c1-16(2,3)12-5-7-13(8-6-12)18-15(22)19(10-4-9-17)11-14(20)21/h5-8H,4,10-11H2,1-3H3,(H,18,22)(H,20,21). The zero-order valence-corrected chi connectivity index (χ0v) is 13.1. The fourth-order valence-corrected chi connectivity index (χ4v) is 1.86. The third kappa shape index (κ3) is 5.44. The fourth-order valence-electron chi connectivity index (χ4n) is 1.86. The first-order valence-electron chi connectivity index (χ1n) is 6.99. The Hall–Kier alpha value is -2.55. The molecule has 0 radical (unpaired) electrons. The molecule has 6 nitrogen and oxygen atoms in total. The van der Waals surface area contributed by atoms with Gasteiger partial charge in [0.15, 0.2) is 0 Å². The minimum Gasteiger partial charge on any atom is -0.480 e. The lowest BCUT2D eigenvalue weighted by Crippen LogP contribution is -2.39. The van der Waals surface area contributed by atoms with Gasteiger partial charge in [-0.15, -0.1) is 0 Å². The molecule has 0 heterocycles. The highest BCUT2D eigenvalue weighted by Crippen LogP contribution is 2.23. The van der Waals surface area contributed by atoms with Gasteiger partial charge in [-0.05, 0) is 23.1 Å². The van der Waals surface area contributed by atoms with Crippen LogP contribution in [-0.2, 0) is 10.2 Å². The Bertz CT molecular complexity index is 568. The number of nitriles is 1. The van der Waals surface area contributed by atoms with Crippen LogP contribution in [0.1, 0.15) is 32.8 Å². The Labute approximate surface area is 130 Å². The number of carbonyl (C=O) groups excluding carboxylic acids is 1. The van der Waals surface area contributed by atoms with Gasteiger partial charge in [-0.3, -0.25) is 4.79 Å². The lowest BCUT2D eigenvalue weighted by molar-refractivity contribution is -0.137. The highest BCUT2D eigenvalue weighted by molar-refractivity contribution is 5.91. The van der Waals surface area contributed by atoms with E-state index in [-0.39, 0.29) is 18.4 Å². The van der Waals surface area contributed by atoms with E-state index in [9.17, 15) is 9.59 Å². The van der Waals surface area contributed by atoms with Crippen molar-refractivity contribution in [3.05, 3.63) is 29.8 Å². The number of benzene rings is 1. The number of carbonyl (C=O) groups is 2. The maximum Gasteiger partial charge on any atom is 0.323 e. The van der Waals surface area contributed by atoms with Gasteiger partial charge in [0.1, 0.15) is 6.54 Å². The van der Waals surface area contributed by atoms with Crippen molar-refractivity contribution in [2.45, 2.75) is 32.6 Å². The molecule has 0 aliphatic heterocycles. The molecule has 0 saturated heterocycles. The molecular formula is C16H21N3O3. The predicted octanol–water partition coefficient (Wildman–Crippen LogP) is 2.82. The number of urea groups is 1. The molecule has 118 valence electrons. The van der Waals surface area contributed by atoms with E-state index < -0.39 is 18.5 Å². The molecule has 0 aliphatic carbocycles. The van der Waals surface area contributed by atoms with E-state index in [0.29, 0.717) is 5.69 Å². The van der Waals surface area contributed by atoms with E-state index in [1.807, 2.05) is 18.2 Å². The molecule has 2 amide bonds. The molecule has 22 heavy (non-hydrogen) atoms. The van der Waals surface area contributed by atoms with Crippen molar-refractivity contribution in [3.63, 3.8) is 0 Å². The minimum absolute atomic E-state index is 0.0185. The normalized spacial score (nSPS) is 10.6. The van der Waals surface area contributed by atoms with Gasteiger partial charge >= 0.3 is 12.0 Å². The number of nitrogens with one attached hydrogen (secondary N) is 1. The lowest BCUT2D eigenvalue weighted by Gasteiger charge is -2.21. The zero-order chi connectivity index (χ0) is 16.8. The van der Waals surface area contributed by atoms with Crippen LogP contribution >= 0.6 is 0 Å². The third-order valence-corrected chi connectivity index (χ3v) is 3.11. The Kier molecular flexibility index (Phi) is 5.93. The van der Waals surface area contributed by atoms with Crippen molar-refractivity contribution in [1.82, 2.24) is 4.90 Å². The average molecular weight is 303 g/mol. The number of hydrogen-bond donors (Lipinski definition) is 2. The molecular weight excluding hydrogens is 282 g/mol. The predicted molar refractivity (Wildman–Crippen MR) is 83.6 cm³/mol. The monoisotopic (exact) mass is 303 g/mol. The quantitative estimate of drug-likeness (QED) is 0.874. The van der Waals surface area contributed by atoms with Crippen LogP contribution < -0.4 is 5.32 Å². The molecule has 0 unspecified atom stereocenters. The van der Waals surface area contributed by atoms with Crippen LogP contribution in [0.4, 0.5) is 10.5 Å². The number of hydrogen-bond acceptors (Lipinski definition) is 3. The van der Waals surface area contributed by atoms with Crippen molar-refractivity contribution in [1.29, 1.82) is 5.26 Å². The summed E-state index contributed by atoms with van der Waals surface area (Å²) in [5.41, 5.74) is 1.74. The number of aliphatic carboxylic acids is 1. The molecule has 0 fully saturated rings. The second-order valence-electron chi connectivity index (χ2n) is 5.98. The summed E-state index contributed by atoms with van der Waals surface area (Å²) in [6.07, 6.45) is 0.0870. The Morgan fingerprint density at radius 2 is 1.86 bits per heavy atom. The van der Waals surface area contributed by atoms with E-state index in [1.165, 1.54) is 0 Å². The summed E-state index contributed by atoms with van der Waals surface area (Å²) in [5, 5.41) is 20.0. The molecule has 0 aromatic heterocycles. The van der Waals surface area contributed by atoms with E-state index in [0.717, 1.165) is 10.5 Å². The minimum atomic E-state index is -1.11. The number of anilines is 1. The highest BCUT2D eigenvalue weighted by atomic mass is 16.4. The SMILES string of the molecule is CC(C)(C)c1ccc(NC(=O)N(CCC#N)CC(=O)O)cc1. The van der Waals surface area contributed by atoms with E-state index in [2.05, 4.69) is 26.1 Å². The lowest BCUT2D eigenvalue weighted by atomic mass is 9.87. The second kappa shape index (κ2) is 7.46. The molecule has 0 bridgehead atoms. The van der Waals surface area contributed by atoms with Gasteiger partial charge in [-0.25, -0.2) is 4.79 Å². The number of rotatable bonds is 5. The largest absolute Gasteiger partial charge is 0.480 e. The van der Waals surface area contributed by atoms with Crippen molar-refractivity contribution in [2.24, 2.45) is 0 Å². The molecule has 0 saturated carbocycles. The Morgan fingerprint density at radius 3 is 2.32 bits per heavy atom. The van der Waals surface area contributed by atoms with E-state index in [4.69, 9.17) is 10.4 Å². The zero-order valence-electron chi connectivity index (χ0n) is 13.1. The van der Waals surface area contributed by atoms with Crippen LogP contribution in [0.2, 0.25) is 0 Å². The van der Waals surface area contributed by atoms with Crippen LogP contribution in [0.25, 0.3) is 0 Å². The van der Waals surface area contributed by atoms with Gasteiger partial charge in [-0.1, -0.05) is 32.9 Å². The van der Waals surface area contributed by atoms with Gasteiger partial charge in [0.05, 0.1) is 12.5 Å². The molecule has 6 heteroatoms. The van der Waals surface area contributed by atoms with Gasteiger partial charge in [-0.2, -0.15) is 5.26 Å². The van der Waals surface area contributed by atoms with E-state index in [1.54, 1.807) is 12.1 Å². The fraction of sp³-hybridized carbons (Fsp3) is 0.438. The van der Waals surface area contributed by atoms with Crippen molar-refractivity contribution in [2.75, 3.05) is 18.4 Å². The van der Waals surface area contributed by atoms with Crippen LogP contribution in [0.3, 0.4) is 0 Å². The molecule has 1 rings (SSSR count). The summed E-state index contributed by atoms with van der Waals surface area (Å²) < 4.78 is 0. The Balaban J connectivity index is 2.76. The number of amides is 2. The molecule has 0 spiro atoms. The van der Waals surface area contributed by atoms with Crippen molar-refractivity contribution in [3.8, 4) is 6.07 Å². The maximum atomic E-state index is 12.1. The number of carboxylic acid groups (broad SMARTS) is 1. The first-order chi connectivity index (χ1) is 10.2. The van der Waals surface area contributed by atoms with Crippen LogP contribution in [-0.4, -0.2) is 35.1 Å². The molecule has 1 aromatic carbocycles. The maximum absolute atomic E-state index is 12.1. The van der Waals surface area contributed by atoms with Crippen molar-refractivity contribution < 1.29 is 14.7 Å². The summed E-state index contributed by atoms with van der Waals surface area (Å²) in [6, 6.07) is 8.78. The topological polar surface area (TPSA) is 93.4 Å². The van der Waals surface area contributed by atoms with E-state index >= 15 is 0 Å². The van der Waals surface area contributed by atoms with Gasteiger partial charge in [0.2, 0.25) is 0 Å². The molecule has 0 aliphatic rings. The summed E-state index contributed by atoms with van der Waals surface area (Å²) in [7, 11) is 0. The first-order valence-corrected chi connectivity index (χ1v) is 6.99. The molecule has 2 N–H and O–H groups in total. The highest BCUT2D eigenvalue weighted by Gasteiger charge is 2.17. The summed E-state index contributed by atoms with van der Waals surface area (Å²) >= 11 is 0. The third-order valence-electron chi connectivity index (χ3n) is 3.11. The van der Waals surface area contributed by atoms with Crippen LogP contribution in [0.5, 0.6) is 0 Å². The van der Waals surface area contributed by atoms with Gasteiger partial charge < -0.3 is 15.3 Å². The van der Waals surface area contributed by atoms with Gasteiger partial charge in [0.25, 0.3) is 0 Å². The number of carboxylic acids is 1. The molecule has 1 aromatic rings. The summed E-state index contributed by atoms with van der Waals surface area (Å²) in [5.74, 6) is -1.11. The molecule has 0 atom stereocenters. The number of nitrogens with zero attached hydrogens (tertiary/aromatic N) is 2. The van der Waals surface area contributed by atoms with Crippen molar-refractivity contribution >= 4 is 17.7 Å². The van der Waals surface area contributed by atoms with Crippen LogP contribution in [0, 0.1) is 11.3 Å². The Morgan fingerprint density at radius 1 is 1.27 bits per heavy atom. The first kappa shape index (κ1) is 17.5. The van der Waals surface area contributed by atoms with Gasteiger partial charge in [0, 0.05) is 12.2 Å². The van der Waals surface area contributed by atoms with Crippen LogP contribution in [0.15, 0.2) is 24.3 Å².